The van der Waals surface area contributed by atoms with Crippen molar-refractivity contribution < 1.29 is 0 Å². The summed E-state index contributed by atoms with van der Waals surface area (Å²) in [5.74, 6) is 1.03. The van der Waals surface area contributed by atoms with Gasteiger partial charge in [-0.25, -0.2) is 4.98 Å². The van der Waals surface area contributed by atoms with Gasteiger partial charge >= 0.3 is 0 Å². The fourth-order valence-electron chi connectivity index (χ4n) is 2.16. The van der Waals surface area contributed by atoms with Gasteiger partial charge in [0.25, 0.3) is 0 Å². The molecule has 2 aromatic rings. The van der Waals surface area contributed by atoms with Crippen LogP contribution < -0.4 is 10.6 Å². The van der Waals surface area contributed by atoms with E-state index in [1.54, 1.807) is 0 Å². The highest BCUT2D eigenvalue weighted by Gasteiger charge is 2.13. The topological polar surface area (TPSA) is 47.1 Å². The largest absolute Gasteiger partial charge is 0.343 e. The molecule has 4 heteroatoms. The second-order valence-corrected chi connectivity index (χ2v) is 4.01. The number of nitrogens with zero attached hydrogens (tertiary/aromatic N) is 3. The Kier molecular flexibility index (Phi) is 3.64. The van der Waals surface area contributed by atoms with Crippen LogP contribution in [-0.4, -0.2) is 29.2 Å². The van der Waals surface area contributed by atoms with Gasteiger partial charge in [0.05, 0.1) is 11.0 Å². The lowest BCUT2D eigenvalue weighted by Gasteiger charge is -2.21. The fourth-order valence-corrected chi connectivity index (χ4v) is 2.16. The molecule has 4 nitrogen and oxygen atoms in total. The molecule has 17 heavy (non-hydrogen) atoms. The van der Waals surface area contributed by atoms with Gasteiger partial charge < -0.3 is 15.2 Å². The number of rotatable bonds is 5. The van der Waals surface area contributed by atoms with Crippen LogP contribution in [0.2, 0.25) is 0 Å². The van der Waals surface area contributed by atoms with Crippen LogP contribution in [0.1, 0.15) is 13.8 Å². The normalized spacial score (nSPS) is 11.0. The van der Waals surface area contributed by atoms with E-state index in [1.807, 2.05) is 12.1 Å². The highest BCUT2D eigenvalue weighted by Crippen LogP contribution is 2.22. The summed E-state index contributed by atoms with van der Waals surface area (Å²) in [6.45, 7) is 7.67. The summed E-state index contributed by atoms with van der Waals surface area (Å²) in [6.07, 6.45) is 0. The van der Waals surface area contributed by atoms with Gasteiger partial charge in [-0.15, -0.1) is 0 Å². The van der Waals surface area contributed by atoms with Gasteiger partial charge in [-0.1, -0.05) is 12.1 Å². The Morgan fingerprint density at radius 1 is 1.24 bits per heavy atom. The molecule has 92 valence electrons. The van der Waals surface area contributed by atoms with E-state index in [2.05, 4.69) is 35.4 Å². The van der Waals surface area contributed by atoms with E-state index in [-0.39, 0.29) is 0 Å². The third-order valence-electron chi connectivity index (χ3n) is 3.03. The first-order valence-corrected chi connectivity index (χ1v) is 6.22. The van der Waals surface area contributed by atoms with Crippen LogP contribution in [0.15, 0.2) is 24.3 Å². The summed E-state index contributed by atoms with van der Waals surface area (Å²) in [4.78, 5) is 6.97. The SMILES string of the molecule is CCN(CC)c1nc2ccccc2n1CCN. The van der Waals surface area contributed by atoms with E-state index >= 15 is 0 Å². The maximum Gasteiger partial charge on any atom is 0.206 e. The molecule has 0 atom stereocenters. The third-order valence-corrected chi connectivity index (χ3v) is 3.03. The van der Waals surface area contributed by atoms with Crippen molar-refractivity contribution in [3.05, 3.63) is 24.3 Å². The molecule has 1 aromatic heterocycles. The van der Waals surface area contributed by atoms with Crippen molar-refractivity contribution in [2.75, 3.05) is 24.5 Å². The number of para-hydroxylation sites is 2. The molecule has 1 aromatic carbocycles. The molecule has 0 fully saturated rings. The summed E-state index contributed by atoms with van der Waals surface area (Å²) >= 11 is 0. The monoisotopic (exact) mass is 232 g/mol. The van der Waals surface area contributed by atoms with E-state index in [0.717, 1.165) is 31.1 Å². The van der Waals surface area contributed by atoms with Gasteiger partial charge in [-0.2, -0.15) is 0 Å². The fraction of sp³-hybridized carbons (Fsp3) is 0.462. The molecule has 0 aliphatic heterocycles. The Balaban J connectivity index is 2.56. The number of nitrogens with two attached hydrogens (primary N) is 1. The van der Waals surface area contributed by atoms with E-state index < -0.39 is 0 Å². The lowest BCUT2D eigenvalue weighted by molar-refractivity contribution is 0.694. The first-order valence-electron chi connectivity index (χ1n) is 6.22. The van der Waals surface area contributed by atoms with Crippen molar-refractivity contribution >= 4 is 17.0 Å². The smallest absolute Gasteiger partial charge is 0.206 e. The van der Waals surface area contributed by atoms with E-state index in [1.165, 1.54) is 5.52 Å². The lowest BCUT2D eigenvalue weighted by Crippen LogP contribution is -2.26. The second kappa shape index (κ2) is 5.19. The number of aromatic nitrogens is 2. The minimum Gasteiger partial charge on any atom is -0.343 e. The Labute approximate surface area is 102 Å². The van der Waals surface area contributed by atoms with E-state index in [0.29, 0.717) is 6.54 Å². The summed E-state index contributed by atoms with van der Waals surface area (Å²) in [5, 5.41) is 0. The number of hydrogen-bond donors (Lipinski definition) is 1. The third kappa shape index (κ3) is 2.13. The number of fused-ring (bicyclic) bond motifs is 1. The van der Waals surface area contributed by atoms with Crippen molar-refractivity contribution in [1.82, 2.24) is 9.55 Å². The molecule has 2 N–H and O–H groups in total. The Morgan fingerprint density at radius 2 is 1.94 bits per heavy atom. The molecule has 0 aliphatic rings. The first-order chi connectivity index (χ1) is 8.31. The molecular formula is C13H20N4. The molecule has 0 bridgehead atoms. The van der Waals surface area contributed by atoms with Crippen LogP contribution in [0.5, 0.6) is 0 Å². The second-order valence-electron chi connectivity index (χ2n) is 4.01. The zero-order valence-electron chi connectivity index (χ0n) is 10.6. The number of hydrogen-bond acceptors (Lipinski definition) is 3. The summed E-state index contributed by atoms with van der Waals surface area (Å²) in [7, 11) is 0. The standard InChI is InChI=1S/C13H20N4/c1-3-16(4-2)13-15-11-7-5-6-8-12(11)17(13)10-9-14/h5-8H,3-4,9-10,14H2,1-2H3. The summed E-state index contributed by atoms with van der Waals surface area (Å²) in [6, 6.07) is 8.22. The van der Waals surface area contributed by atoms with Crippen LogP contribution in [0.3, 0.4) is 0 Å². The van der Waals surface area contributed by atoms with Crippen molar-refractivity contribution in [1.29, 1.82) is 0 Å². The number of anilines is 1. The van der Waals surface area contributed by atoms with Crippen molar-refractivity contribution in [3.8, 4) is 0 Å². The molecule has 0 unspecified atom stereocenters. The van der Waals surface area contributed by atoms with Crippen LogP contribution in [0, 0.1) is 0 Å². The Hall–Kier alpha value is -1.55. The highest BCUT2D eigenvalue weighted by atomic mass is 15.3. The molecule has 0 spiro atoms. The quantitative estimate of drug-likeness (QED) is 0.855. The molecule has 0 radical (unpaired) electrons. The van der Waals surface area contributed by atoms with Crippen molar-refractivity contribution in [3.63, 3.8) is 0 Å². The van der Waals surface area contributed by atoms with Crippen LogP contribution >= 0.6 is 0 Å². The van der Waals surface area contributed by atoms with Gasteiger partial charge in [-0.05, 0) is 26.0 Å². The highest BCUT2D eigenvalue weighted by molar-refractivity contribution is 5.78. The van der Waals surface area contributed by atoms with Gasteiger partial charge in [-0.3, -0.25) is 0 Å². The first kappa shape index (κ1) is 11.9. The molecule has 0 saturated heterocycles. The average Bonchev–Trinajstić information content (AvgIpc) is 2.71. The van der Waals surface area contributed by atoms with Crippen molar-refractivity contribution in [2.24, 2.45) is 5.73 Å². The zero-order valence-corrected chi connectivity index (χ0v) is 10.6. The predicted molar refractivity (Wildman–Crippen MR) is 72.3 cm³/mol. The molecule has 2 rings (SSSR count). The summed E-state index contributed by atoms with van der Waals surface area (Å²) < 4.78 is 2.21. The predicted octanol–water partition coefficient (Wildman–Crippen LogP) is 1.84. The molecule has 0 saturated carbocycles. The molecule has 0 amide bonds. The minimum absolute atomic E-state index is 0.634. The Morgan fingerprint density at radius 3 is 2.59 bits per heavy atom. The number of imidazole rings is 1. The summed E-state index contributed by atoms with van der Waals surface area (Å²) in [5.41, 5.74) is 7.91. The van der Waals surface area contributed by atoms with Gasteiger partial charge in [0.1, 0.15) is 0 Å². The minimum atomic E-state index is 0.634. The Bertz CT molecular complexity index is 485. The lowest BCUT2D eigenvalue weighted by atomic mass is 10.3. The van der Waals surface area contributed by atoms with Gasteiger partial charge in [0.15, 0.2) is 0 Å². The molecule has 1 heterocycles. The number of benzene rings is 1. The van der Waals surface area contributed by atoms with Crippen molar-refractivity contribution in [2.45, 2.75) is 20.4 Å². The van der Waals surface area contributed by atoms with E-state index in [4.69, 9.17) is 10.7 Å². The molecule has 0 aliphatic carbocycles. The van der Waals surface area contributed by atoms with Crippen LogP contribution in [0.25, 0.3) is 11.0 Å². The maximum absolute atomic E-state index is 5.70. The van der Waals surface area contributed by atoms with Gasteiger partial charge in [0.2, 0.25) is 5.95 Å². The van der Waals surface area contributed by atoms with Crippen LogP contribution in [0.4, 0.5) is 5.95 Å². The zero-order chi connectivity index (χ0) is 12.3. The van der Waals surface area contributed by atoms with E-state index in [9.17, 15) is 0 Å². The average molecular weight is 232 g/mol. The molecular weight excluding hydrogens is 212 g/mol. The van der Waals surface area contributed by atoms with Gasteiger partial charge in [0, 0.05) is 26.2 Å². The van der Waals surface area contributed by atoms with Crippen LogP contribution in [-0.2, 0) is 6.54 Å². The maximum atomic E-state index is 5.70.